The van der Waals surface area contributed by atoms with Gasteiger partial charge in [0, 0.05) is 50.4 Å². The van der Waals surface area contributed by atoms with Crippen molar-refractivity contribution in [2.45, 2.75) is 45.4 Å². The SMILES string of the molecule is CCCCN(CCNC(=O)/C=C/C(=O)O)C(=O)CCCCCOC(=O)/C=C/C(=O)O. The fourth-order valence-corrected chi connectivity index (χ4v) is 2.30. The Bertz CT molecular complexity index is 643. The maximum Gasteiger partial charge on any atom is 0.331 e. The average Bonchev–Trinajstić information content (AvgIpc) is 2.69. The third kappa shape index (κ3) is 15.8. The zero-order chi connectivity index (χ0) is 22.8. The summed E-state index contributed by atoms with van der Waals surface area (Å²) in [7, 11) is 0. The van der Waals surface area contributed by atoms with E-state index in [4.69, 9.17) is 14.9 Å². The maximum atomic E-state index is 12.4. The van der Waals surface area contributed by atoms with Gasteiger partial charge in [0.2, 0.25) is 11.8 Å². The average molecular weight is 426 g/mol. The molecule has 0 heterocycles. The summed E-state index contributed by atoms with van der Waals surface area (Å²) in [6.45, 7) is 3.28. The maximum absolute atomic E-state index is 12.4. The molecule has 0 bridgehead atoms. The lowest BCUT2D eigenvalue weighted by atomic mass is 10.1. The van der Waals surface area contributed by atoms with E-state index in [2.05, 4.69) is 5.32 Å². The second kappa shape index (κ2) is 16.8. The minimum atomic E-state index is -1.23. The number of unbranched alkanes of at least 4 members (excludes halogenated alkanes) is 3. The zero-order valence-electron chi connectivity index (χ0n) is 17.2. The van der Waals surface area contributed by atoms with Crippen molar-refractivity contribution in [2.24, 2.45) is 0 Å². The number of esters is 1. The number of amides is 2. The first-order chi connectivity index (χ1) is 14.3. The number of nitrogens with one attached hydrogen (secondary N) is 1. The molecule has 0 atom stereocenters. The Kier molecular flexibility index (Phi) is 15.0. The van der Waals surface area contributed by atoms with Crippen molar-refractivity contribution >= 4 is 29.7 Å². The molecule has 0 radical (unpaired) electrons. The highest BCUT2D eigenvalue weighted by molar-refractivity contribution is 5.93. The second-order valence-corrected chi connectivity index (χ2v) is 6.35. The Labute approximate surface area is 175 Å². The number of carbonyl (C=O) groups excluding carboxylic acids is 3. The zero-order valence-corrected chi connectivity index (χ0v) is 17.2. The Balaban J connectivity index is 4.16. The third-order valence-electron chi connectivity index (χ3n) is 3.83. The third-order valence-corrected chi connectivity index (χ3v) is 3.83. The molecule has 0 spiro atoms. The second-order valence-electron chi connectivity index (χ2n) is 6.35. The molecule has 0 rings (SSSR count). The van der Waals surface area contributed by atoms with Gasteiger partial charge in [-0.05, 0) is 25.7 Å². The highest BCUT2D eigenvalue weighted by atomic mass is 16.5. The van der Waals surface area contributed by atoms with Gasteiger partial charge in [0.05, 0.1) is 6.61 Å². The van der Waals surface area contributed by atoms with Gasteiger partial charge in [-0.1, -0.05) is 13.3 Å². The monoisotopic (exact) mass is 426 g/mol. The van der Waals surface area contributed by atoms with Crippen LogP contribution in [0.2, 0.25) is 0 Å². The van der Waals surface area contributed by atoms with Crippen molar-refractivity contribution in [3.63, 3.8) is 0 Å². The van der Waals surface area contributed by atoms with Crippen molar-refractivity contribution in [2.75, 3.05) is 26.2 Å². The van der Waals surface area contributed by atoms with Crippen LogP contribution in [0.15, 0.2) is 24.3 Å². The minimum absolute atomic E-state index is 0.0415. The Morgan fingerprint density at radius 3 is 2.17 bits per heavy atom. The lowest BCUT2D eigenvalue weighted by Gasteiger charge is -2.22. The smallest absolute Gasteiger partial charge is 0.331 e. The van der Waals surface area contributed by atoms with Gasteiger partial charge in [-0.25, -0.2) is 14.4 Å². The van der Waals surface area contributed by atoms with Crippen molar-refractivity contribution in [1.82, 2.24) is 10.2 Å². The predicted octanol–water partition coefficient (Wildman–Crippen LogP) is 1.12. The van der Waals surface area contributed by atoms with Crippen molar-refractivity contribution in [3.8, 4) is 0 Å². The van der Waals surface area contributed by atoms with Crippen LogP contribution >= 0.6 is 0 Å². The summed E-state index contributed by atoms with van der Waals surface area (Å²) in [6.07, 6.45) is 7.12. The molecule has 2 amide bonds. The molecule has 168 valence electrons. The molecule has 0 aliphatic carbocycles. The van der Waals surface area contributed by atoms with Gasteiger partial charge in [0.25, 0.3) is 0 Å². The van der Waals surface area contributed by atoms with Crippen LogP contribution in [-0.4, -0.2) is 71.1 Å². The summed E-state index contributed by atoms with van der Waals surface area (Å²) < 4.78 is 4.84. The van der Waals surface area contributed by atoms with Gasteiger partial charge in [0.1, 0.15) is 0 Å². The molecule has 0 saturated heterocycles. The van der Waals surface area contributed by atoms with Crippen LogP contribution in [0, 0.1) is 0 Å². The highest BCUT2D eigenvalue weighted by Crippen LogP contribution is 2.05. The van der Waals surface area contributed by atoms with Crippen LogP contribution in [0.1, 0.15) is 45.4 Å². The number of carboxylic acid groups (broad SMARTS) is 2. The molecule has 0 fully saturated rings. The van der Waals surface area contributed by atoms with E-state index in [-0.39, 0.29) is 19.1 Å². The van der Waals surface area contributed by atoms with Crippen LogP contribution in [0.5, 0.6) is 0 Å². The molecule has 30 heavy (non-hydrogen) atoms. The molecule has 0 saturated carbocycles. The Morgan fingerprint density at radius 1 is 0.867 bits per heavy atom. The van der Waals surface area contributed by atoms with E-state index in [1.54, 1.807) is 4.90 Å². The van der Waals surface area contributed by atoms with E-state index in [1.807, 2.05) is 6.92 Å². The normalized spacial score (nSPS) is 10.8. The molecule has 10 heteroatoms. The molecule has 0 aliphatic rings. The molecule has 0 aromatic rings. The quantitative estimate of drug-likeness (QED) is 0.189. The van der Waals surface area contributed by atoms with Gasteiger partial charge < -0.3 is 25.2 Å². The van der Waals surface area contributed by atoms with Crippen molar-refractivity contribution < 1.29 is 38.9 Å². The van der Waals surface area contributed by atoms with Gasteiger partial charge >= 0.3 is 17.9 Å². The predicted molar refractivity (Wildman–Crippen MR) is 107 cm³/mol. The fraction of sp³-hybridized carbons (Fsp3) is 0.550. The minimum Gasteiger partial charge on any atom is -0.478 e. The van der Waals surface area contributed by atoms with E-state index < -0.39 is 23.8 Å². The molecule has 0 aromatic carbocycles. The number of nitrogens with zero attached hydrogens (tertiary/aromatic N) is 1. The van der Waals surface area contributed by atoms with E-state index in [9.17, 15) is 24.0 Å². The molecule has 0 aromatic heterocycles. The van der Waals surface area contributed by atoms with E-state index in [0.29, 0.717) is 44.8 Å². The summed E-state index contributed by atoms with van der Waals surface area (Å²) >= 11 is 0. The van der Waals surface area contributed by atoms with Crippen LogP contribution in [0.25, 0.3) is 0 Å². The van der Waals surface area contributed by atoms with Crippen LogP contribution in [0.4, 0.5) is 0 Å². The topological polar surface area (TPSA) is 150 Å². The summed E-state index contributed by atoms with van der Waals surface area (Å²) in [4.78, 5) is 57.4. The van der Waals surface area contributed by atoms with E-state index >= 15 is 0 Å². The summed E-state index contributed by atoms with van der Waals surface area (Å²) in [5, 5.41) is 19.4. The number of rotatable bonds is 16. The molecule has 0 unspecified atom stereocenters. The van der Waals surface area contributed by atoms with Crippen LogP contribution in [-0.2, 0) is 28.7 Å². The lowest BCUT2D eigenvalue weighted by Crippen LogP contribution is -2.38. The first-order valence-corrected chi connectivity index (χ1v) is 9.80. The molecule has 3 N–H and O–H groups in total. The van der Waals surface area contributed by atoms with Crippen molar-refractivity contribution in [1.29, 1.82) is 0 Å². The summed E-state index contributed by atoms with van der Waals surface area (Å²) in [5.74, 6) is -3.74. The van der Waals surface area contributed by atoms with Gasteiger partial charge in [0.15, 0.2) is 0 Å². The van der Waals surface area contributed by atoms with E-state index in [1.165, 1.54) is 0 Å². The molecular weight excluding hydrogens is 396 g/mol. The van der Waals surface area contributed by atoms with E-state index in [0.717, 1.165) is 31.1 Å². The summed E-state index contributed by atoms with van der Waals surface area (Å²) in [5.41, 5.74) is 0. The summed E-state index contributed by atoms with van der Waals surface area (Å²) in [6, 6.07) is 0. The van der Waals surface area contributed by atoms with Gasteiger partial charge in [-0.15, -0.1) is 0 Å². The molecule has 10 nitrogen and oxygen atoms in total. The fourth-order valence-electron chi connectivity index (χ4n) is 2.30. The Morgan fingerprint density at radius 2 is 1.53 bits per heavy atom. The Hall–Kier alpha value is -3.17. The lowest BCUT2D eigenvalue weighted by molar-refractivity contribution is -0.139. The largest absolute Gasteiger partial charge is 0.478 e. The van der Waals surface area contributed by atoms with Gasteiger partial charge in [-0.2, -0.15) is 0 Å². The first-order valence-electron chi connectivity index (χ1n) is 9.80. The number of ether oxygens (including phenoxy) is 1. The number of hydrogen-bond acceptors (Lipinski definition) is 6. The first kappa shape index (κ1) is 26.8. The number of aliphatic carboxylic acids is 2. The van der Waals surface area contributed by atoms with Crippen LogP contribution < -0.4 is 5.32 Å². The van der Waals surface area contributed by atoms with Crippen molar-refractivity contribution in [3.05, 3.63) is 24.3 Å². The standard InChI is InChI=1S/C20H30N2O8/c1-2-3-13-22(14-12-21-16(23)8-9-18(25)26)17(24)7-5-4-6-15-30-20(29)11-10-19(27)28/h8-11H,2-7,12-15H2,1H3,(H,21,23)(H,25,26)(H,27,28)/b9-8+,11-10+. The molecule has 0 aliphatic heterocycles. The van der Waals surface area contributed by atoms with Gasteiger partial charge in [-0.3, -0.25) is 9.59 Å². The number of hydrogen-bond donors (Lipinski definition) is 3. The molecular formula is C20H30N2O8. The number of carboxylic acids is 2. The van der Waals surface area contributed by atoms with Crippen LogP contribution in [0.3, 0.4) is 0 Å². The highest BCUT2D eigenvalue weighted by Gasteiger charge is 2.12. The number of carbonyl (C=O) groups is 5.